The average molecular weight is 505 g/mol. The van der Waals surface area contributed by atoms with Gasteiger partial charge in [0.05, 0.1) is 26.2 Å². The fourth-order valence-electron chi connectivity index (χ4n) is 9.81. The minimum absolute atomic E-state index is 0.157. The number of hydrogen-bond acceptors (Lipinski definition) is 3. The predicted octanol–water partition coefficient (Wildman–Crippen LogP) is 9.08. The third-order valence-corrected chi connectivity index (χ3v) is 11.7. The highest BCUT2D eigenvalue weighted by Crippen LogP contribution is 2.68. The van der Waals surface area contributed by atoms with Gasteiger partial charge in [0.15, 0.2) is 0 Å². The third kappa shape index (κ3) is 6.18. The Morgan fingerprint density at radius 3 is 2.28 bits per heavy atom. The summed E-state index contributed by atoms with van der Waals surface area (Å²) < 4.78 is 10.9. The molecule has 3 nitrogen and oxygen atoms in total. The third-order valence-electron chi connectivity index (χ3n) is 11.7. The number of ether oxygens (including phenoxy) is 2. The number of hydrogen-bond donors (Lipinski definition) is 0. The summed E-state index contributed by atoms with van der Waals surface area (Å²) in [6.07, 6.45) is 17.5. The van der Waals surface area contributed by atoms with Gasteiger partial charge in [-0.25, -0.2) is 0 Å². The van der Waals surface area contributed by atoms with E-state index in [9.17, 15) is 4.79 Å². The molecule has 4 aliphatic carbocycles. The second-order valence-corrected chi connectivity index (χ2v) is 13.8. The van der Waals surface area contributed by atoms with Gasteiger partial charge in [-0.1, -0.05) is 67.7 Å². The Balaban J connectivity index is 0.00000176. The largest absolute Gasteiger partial charge is 0.469 e. The zero-order valence-electron chi connectivity index (χ0n) is 25.2. The first-order valence-electron chi connectivity index (χ1n) is 15.9. The van der Waals surface area contributed by atoms with Crippen molar-refractivity contribution in [3.63, 3.8) is 0 Å². The Bertz CT molecular complexity index is 688. The fraction of sp³-hybridized carbons (Fsp3) is 0.970. The van der Waals surface area contributed by atoms with Crippen LogP contribution in [-0.4, -0.2) is 25.8 Å². The normalized spacial score (nSPS) is 40.4. The minimum atomic E-state index is -0.157. The van der Waals surface area contributed by atoms with E-state index in [1.807, 2.05) is 13.8 Å². The van der Waals surface area contributed by atoms with Gasteiger partial charge < -0.3 is 9.47 Å². The molecule has 0 aromatic heterocycles. The van der Waals surface area contributed by atoms with Gasteiger partial charge in [0.2, 0.25) is 0 Å². The quantitative estimate of drug-likeness (QED) is 0.294. The van der Waals surface area contributed by atoms with Gasteiger partial charge in [-0.05, 0) is 110 Å². The molecule has 0 amide bonds. The van der Waals surface area contributed by atoms with Gasteiger partial charge in [-0.2, -0.15) is 0 Å². The molecule has 4 aliphatic rings. The van der Waals surface area contributed by atoms with E-state index in [-0.39, 0.29) is 5.97 Å². The molecule has 0 aromatic carbocycles. The maximum Gasteiger partial charge on any atom is 0.307 e. The molecule has 4 fully saturated rings. The number of methoxy groups -OCH3 is 1. The Morgan fingerprint density at radius 2 is 1.58 bits per heavy atom. The molecule has 3 heteroatoms. The van der Waals surface area contributed by atoms with E-state index in [4.69, 9.17) is 9.47 Å². The van der Waals surface area contributed by atoms with Crippen molar-refractivity contribution < 1.29 is 14.3 Å². The second-order valence-electron chi connectivity index (χ2n) is 13.8. The van der Waals surface area contributed by atoms with Crippen molar-refractivity contribution in [2.45, 2.75) is 138 Å². The van der Waals surface area contributed by atoms with Crippen molar-refractivity contribution in [2.24, 2.45) is 52.3 Å². The van der Waals surface area contributed by atoms with Crippen molar-refractivity contribution in [3.8, 4) is 0 Å². The molecule has 0 bridgehead atoms. The van der Waals surface area contributed by atoms with E-state index in [2.05, 4.69) is 34.6 Å². The van der Waals surface area contributed by atoms with Crippen LogP contribution in [0, 0.1) is 52.3 Å². The van der Waals surface area contributed by atoms with Gasteiger partial charge in [-0.15, -0.1) is 0 Å². The van der Waals surface area contributed by atoms with Gasteiger partial charge in [0.25, 0.3) is 0 Å². The van der Waals surface area contributed by atoms with Crippen LogP contribution in [0.2, 0.25) is 0 Å². The van der Waals surface area contributed by atoms with Gasteiger partial charge in [-0.3, -0.25) is 4.79 Å². The van der Waals surface area contributed by atoms with Crippen LogP contribution in [0.3, 0.4) is 0 Å². The summed E-state index contributed by atoms with van der Waals surface area (Å²) in [5.41, 5.74) is 1.10. The second kappa shape index (κ2) is 13.0. The van der Waals surface area contributed by atoms with Crippen LogP contribution in [0.4, 0.5) is 0 Å². The average Bonchev–Trinajstić information content (AvgIpc) is 3.22. The van der Waals surface area contributed by atoms with Gasteiger partial charge >= 0.3 is 5.97 Å². The monoisotopic (exact) mass is 504 g/mol. The first-order valence-corrected chi connectivity index (χ1v) is 15.9. The lowest BCUT2D eigenvalue weighted by Gasteiger charge is -2.61. The summed E-state index contributed by atoms with van der Waals surface area (Å²) in [5.74, 6) is 6.21. The number of esters is 1. The SMILES string of the molecule is CC.COC(=O)CCOC1CCC2(C)C(CCC3C2CCC2(C)C(C(C)CCCC(C)C)CCC32)C1. The van der Waals surface area contributed by atoms with Crippen molar-refractivity contribution in [3.05, 3.63) is 0 Å². The first-order chi connectivity index (χ1) is 17.2. The maximum atomic E-state index is 11.4. The molecule has 9 atom stereocenters. The highest BCUT2D eigenvalue weighted by atomic mass is 16.5. The van der Waals surface area contributed by atoms with Crippen molar-refractivity contribution in [1.82, 2.24) is 0 Å². The Hall–Kier alpha value is -0.570. The summed E-state index contributed by atoms with van der Waals surface area (Å²) in [5, 5.41) is 0. The van der Waals surface area contributed by atoms with E-state index >= 15 is 0 Å². The van der Waals surface area contributed by atoms with E-state index in [1.54, 1.807) is 0 Å². The number of rotatable bonds is 9. The van der Waals surface area contributed by atoms with E-state index in [1.165, 1.54) is 84.2 Å². The molecular weight excluding hydrogens is 444 g/mol. The summed E-state index contributed by atoms with van der Waals surface area (Å²) >= 11 is 0. The number of carbonyl (C=O) groups excluding carboxylic acids is 1. The molecule has 4 rings (SSSR count). The summed E-state index contributed by atoms with van der Waals surface area (Å²) in [6.45, 7) is 17.2. The molecule has 0 radical (unpaired) electrons. The standard InChI is InChI=1S/C31H54O3.C2H6/c1-21(2)8-7-9-22(3)26-12-13-27-25-11-10-23-20-24(34-19-16-29(32)33-6)14-17-30(23,4)28(25)15-18-31(26,27)5;1-2/h21-28H,7-20H2,1-6H3;1-2H3. The highest BCUT2D eigenvalue weighted by molar-refractivity contribution is 5.69. The number of carbonyl (C=O) groups is 1. The molecule has 4 saturated carbocycles. The molecule has 36 heavy (non-hydrogen) atoms. The van der Waals surface area contributed by atoms with Gasteiger partial charge in [0.1, 0.15) is 0 Å². The molecule has 0 spiro atoms. The van der Waals surface area contributed by atoms with E-state index in [0.29, 0.717) is 30.0 Å². The molecule has 0 aliphatic heterocycles. The molecule has 0 aromatic rings. The summed E-state index contributed by atoms with van der Waals surface area (Å²) in [6, 6.07) is 0. The molecule has 0 saturated heterocycles. The van der Waals surface area contributed by atoms with Crippen LogP contribution in [0.15, 0.2) is 0 Å². The van der Waals surface area contributed by atoms with Crippen LogP contribution in [0.25, 0.3) is 0 Å². The topological polar surface area (TPSA) is 35.5 Å². The van der Waals surface area contributed by atoms with Crippen LogP contribution >= 0.6 is 0 Å². The zero-order valence-corrected chi connectivity index (χ0v) is 25.2. The van der Waals surface area contributed by atoms with E-state index < -0.39 is 0 Å². The van der Waals surface area contributed by atoms with Crippen molar-refractivity contribution in [2.75, 3.05) is 13.7 Å². The fourth-order valence-corrected chi connectivity index (χ4v) is 9.81. The van der Waals surface area contributed by atoms with Crippen LogP contribution in [0.1, 0.15) is 132 Å². The Morgan fingerprint density at radius 1 is 0.889 bits per heavy atom. The maximum absolute atomic E-state index is 11.4. The van der Waals surface area contributed by atoms with E-state index in [0.717, 1.165) is 41.4 Å². The van der Waals surface area contributed by atoms with Crippen molar-refractivity contribution >= 4 is 5.97 Å². The zero-order chi connectivity index (χ0) is 26.5. The first kappa shape index (κ1) is 30.0. The Kier molecular flexibility index (Phi) is 10.8. The lowest BCUT2D eigenvalue weighted by molar-refractivity contribution is -0.146. The summed E-state index contributed by atoms with van der Waals surface area (Å²) in [7, 11) is 1.46. The smallest absolute Gasteiger partial charge is 0.307 e. The number of fused-ring (bicyclic) bond motifs is 5. The van der Waals surface area contributed by atoms with Crippen LogP contribution < -0.4 is 0 Å². The Labute approximate surface area is 224 Å². The lowest BCUT2D eigenvalue weighted by Crippen LogP contribution is -2.54. The highest BCUT2D eigenvalue weighted by Gasteiger charge is 2.60. The predicted molar refractivity (Wildman–Crippen MR) is 151 cm³/mol. The molecule has 0 N–H and O–H groups in total. The molecular formula is C33H60O3. The molecule has 0 heterocycles. The summed E-state index contributed by atoms with van der Waals surface area (Å²) in [4.78, 5) is 11.4. The van der Waals surface area contributed by atoms with Crippen LogP contribution in [-0.2, 0) is 14.3 Å². The van der Waals surface area contributed by atoms with Crippen molar-refractivity contribution in [1.29, 1.82) is 0 Å². The molecule has 9 unspecified atom stereocenters. The van der Waals surface area contributed by atoms with Crippen LogP contribution in [0.5, 0.6) is 0 Å². The van der Waals surface area contributed by atoms with Gasteiger partial charge in [0, 0.05) is 0 Å². The minimum Gasteiger partial charge on any atom is -0.469 e. The lowest BCUT2D eigenvalue weighted by atomic mass is 9.44. The molecule has 210 valence electrons.